The van der Waals surface area contributed by atoms with Gasteiger partial charge in [-0.1, -0.05) is 12.1 Å². The van der Waals surface area contributed by atoms with Crippen LogP contribution in [-0.2, 0) is 0 Å². The zero-order valence-corrected chi connectivity index (χ0v) is 7.74. The van der Waals surface area contributed by atoms with Crippen molar-refractivity contribution in [2.75, 3.05) is 0 Å². The van der Waals surface area contributed by atoms with Crippen molar-refractivity contribution < 1.29 is 4.39 Å². The van der Waals surface area contributed by atoms with Gasteiger partial charge in [-0.2, -0.15) is 0 Å². The van der Waals surface area contributed by atoms with E-state index in [0.29, 0.717) is 11.1 Å². The number of halogens is 1. The van der Waals surface area contributed by atoms with Crippen LogP contribution >= 0.6 is 0 Å². The van der Waals surface area contributed by atoms with Crippen LogP contribution in [0.4, 0.5) is 4.39 Å². The van der Waals surface area contributed by atoms with Gasteiger partial charge < -0.3 is 0 Å². The summed E-state index contributed by atoms with van der Waals surface area (Å²) in [5.41, 5.74) is 2.14. The predicted molar refractivity (Wildman–Crippen MR) is 52.2 cm³/mol. The smallest absolute Gasteiger partial charge is 0.131 e. The van der Waals surface area contributed by atoms with E-state index in [2.05, 4.69) is 9.97 Å². The molecule has 0 aliphatic heterocycles. The van der Waals surface area contributed by atoms with Crippen LogP contribution in [0.1, 0.15) is 5.56 Å². The maximum absolute atomic E-state index is 13.5. The Morgan fingerprint density at radius 1 is 1.14 bits per heavy atom. The van der Waals surface area contributed by atoms with E-state index < -0.39 is 0 Å². The molecule has 1 aromatic carbocycles. The van der Waals surface area contributed by atoms with Crippen molar-refractivity contribution in [2.24, 2.45) is 0 Å². The van der Waals surface area contributed by atoms with Crippen LogP contribution in [0.15, 0.2) is 36.9 Å². The number of hydrogen-bond donors (Lipinski definition) is 0. The summed E-state index contributed by atoms with van der Waals surface area (Å²) in [6.45, 7) is 1.86. The lowest BCUT2D eigenvalue weighted by atomic mass is 10.1. The Balaban J connectivity index is 2.53. The summed E-state index contributed by atoms with van der Waals surface area (Å²) in [6.07, 6.45) is 4.62. The molecule has 2 aromatic rings. The van der Waals surface area contributed by atoms with Gasteiger partial charge in [0, 0.05) is 23.5 Å². The van der Waals surface area contributed by atoms with Gasteiger partial charge in [-0.15, -0.1) is 0 Å². The SMILES string of the molecule is Cc1ccc(-c2cncnc2)c(F)c1. The van der Waals surface area contributed by atoms with E-state index in [1.165, 1.54) is 12.4 Å². The summed E-state index contributed by atoms with van der Waals surface area (Å²) in [4.78, 5) is 7.69. The lowest BCUT2D eigenvalue weighted by Gasteiger charge is -2.02. The predicted octanol–water partition coefficient (Wildman–Crippen LogP) is 2.59. The minimum absolute atomic E-state index is 0.236. The molecule has 0 fully saturated rings. The molecule has 14 heavy (non-hydrogen) atoms. The molecule has 0 radical (unpaired) electrons. The van der Waals surface area contributed by atoms with Gasteiger partial charge in [-0.25, -0.2) is 14.4 Å². The third-order valence-electron chi connectivity index (χ3n) is 2.00. The first-order valence-corrected chi connectivity index (χ1v) is 4.29. The molecule has 0 aliphatic carbocycles. The lowest BCUT2D eigenvalue weighted by molar-refractivity contribution is 0.630. The maximum atomic E-state index is 13.5. The van der Waals surface area contributed by atoms with Crippen LogP contribution in [0.25, 0.3) is 11.1 Å². The lowest BCUT2D eigenvalue weighted by Crippen LogP contribution is -1.87. The monoisotopic (exact) mass is 188 g/mol. The minimum Gasteiger partial charge on any atom is -0.244 e. The van der Waals surface area contributed by atoms with Crippen LogP contribution in [0.2, 0.25) is 0 Å². The Morgan fingerprint density at radius 2 is 1.86 bits per heavy atom. The second kappa shape index (κ2) is 3.54. The summed E-state index contributed by atoms with van der Waals surface area (Å²) in [5.74, 6) is -0.236. The van der Waals surface area contributed by atoms with Crippen molar-refractivity contribution in [3.8, 4) is 11.1 Å². The number of aromatic nitrogens is 2. The van der Waals surface area contributed by atoms with Gasteiger partial charge in [0.15, 0.2) is 0 Å². The highest BCUT2D eigenvalue weighted by Crippen LogP contribution is 2.21. The number of aryl methyl sites for hydroxylation is 1. The number of rotatable bonds is 1. The molecule has 1 heterocycles. The summed E-state index contributed by atoms with van der Waals surface area (Å²) in [7, 11) is 0. The van der Waals surface area contributed by atoms with Crippen LogP contribution in [0.3, 0.4) is 0 Å². The van der Waals surface area contributed by atoms with Crippen molar-refractivity contribution in [1.82, 2.24) is 9.97 Å². The van der Waals surface area contributed by atoms with Crippen molar-refractivity contribution in [3.05, 3.63) is 48.3 Å². The summed E-state index contributed by atoms with van der Waals surface area (Å²) in [5, 5.41) is 0. The van der Waals surface area contributed by atoms with Crippen molar-refractivity contribution in [3.63, 3.8) is 0 Å². The Kier molecular flexibility index (Phi) is 2.23. The van der Waals surface area contributed by atoms with Crippen molar-refractivity contribution in [1.29, 1.82) is 0 Å². The molecule has 0 aliphatic rings. The molecule has 1 aromatic heterocycles. The number of benzene rings is 1. The van der Waals surface area contributed by atoms with E-state index in [1.807, 2.05) is 13.0 Å². The normalized spacial score (nSPS) is 10.1. The zero-order valence-electron chi connectivity index (χ0n) is 7.74. The third kappa shape index (κ3) is 1.62. The van der Waals surface area contributed by atoms with E-state index in [9.17, 15) is 4.39 Å². The van der Waals surface area contributed by atoms with Gasteiger partial charge in [-0.3, -0.25) is 0 Å². The van der Waals surface area contributed by atoms with Crippen molar-refractivity contribution >= 4 is 0 Å². The highest BCUT2D eigenvalue weighted by atomic mass is 19.1. The topological polar surface area (TPSA) is 25.8 Å². The van der Waals surface area contributed by atoms with Gasteiger partial charge >= 0.3 is 0 Å². The molecule has 0 amide bonds. The van der Waals surface area contributed by atoms with E-state index >= 15 is 0 Å². The van der Waals surface area contributed by atoms with Gasteiger partial charge in [0.05, 0.1) is 0 Å². The molecule has 2 rings (SSSR count). The average molecular weight is 188 g/mol. The first kappa shape index (κ1) is 8.81. The summed E-state index contributed by atoms with van der Waals surface area (Å²) in [6, 6.07) is 5.11. The second-order valence-electron chi connectivity index (χ2n) is 3.11. The fourth-order valence-electron chi connectivity index (χ4n) is 1.29. The standard InChI is InChI=1S/C11H9FN2/c1-8-2-3-10(11(12)4-8)9-5-13-7-14-6-9/h2-7H,1H3. The highest BCUT2D eigenvalue weighted by Gasteiger charge is 2.04. The molecule has 0 saturated heterocycles. The third-order valence-corrected chi connectivity index (χ3v) is 2.00. The van der Waals surface area contributed by atoms with Gasteiger partial charge in [0.25, 0.3) is 0 Å². The van der Waals surface area contributed by atoms with Crippen LogP contribution in [0, 0.1) is 12.7 Å². The minimum atomic E-state index is -0.236. The number of nitrogens with zero attached hydrogens (tertiary/aromatic N) is 2. The first-order valence-electron chi connectivity index (χ1n) is 4.29. The molecule has 0 saturated carbocycles. The first-order chi connectivity index (χ1) is 6.77. The molecular formula is C11H9FN2. The van der Waals surface area contributed by atoms with Gasteiger partial charge in [-0.05, 0) is 18.6 Å². The summed E-state index contributed by atoms with van der Waals surface area (Å²) < 4.78 is 13.5. The summed E-state index contributed by atoms with van der Waals surface area (Å²) >= 11 is 0. The molecule has 2 nitrogen and oxygen atoms in total. The van der Waals surface area contributed by atoms with Crippen LogP contribution in [-0.4, -0.2) is 9.97 Å². The largest absolute Gasteiger partial charge is 0.244 e. The van der Waals surface area contributed by atoms with E-state index in [4.69, 9.17) is 0 Å². The van der Waals surface area contributed by atoms with E-state index in [0.717, 1.165) is 5.56 Å². The molecular weight excluding hydrogens is 179 g/mol. The quantitative estimate of drug-likeness (QED) is 0.687. The van der Waals surface area contributed by atoms with Crippen LogP contribution < -0.4 is 0 Å². The fourth-order valence-corrected chi connectivity index (χ4v) is 1.29. The molecule has 0 bridgehead atoms. The maximum Gasteiger partial charge on any atom is 0.131 e. The van der Waals surface area contributed by atoms with E-state index in [-0.39, 0.29) is 5.82 Å². The van der Waals surface area contributed by atoms with Gasteiger partial charge in [0.1, 0.15) is 12.1 Å². The fraction of sp³-hybridized carbons (Fsp3) is 0.0909. The molecule has 0 spiro atoms. The van der Waals surface area contributed by atoms with Gasteiger partial charge in [0.2, 0.25) is 0 Å². The molecule has 0 N–H and O–H groups in total. The molecule has 70 valence electrons. The second-order valence-corrected chi connectivity index (χ2v) is 3.11. The highest BCUT2D eigenvalue weighted by molar-refractivity contribution is 5.62. The molecule has 0 atom stereocenters. The number of hydrogen-bond acceptors (Lipinski definition) is 2. The Bertz CT molecular complexity index is 440. The molecule has 3 heteroatoms. The Hall–Kier alpha value is -1.77. The zero-order chi connectivity index (χ0) is 9.97. The van der Waals surface area contributed by atoms with Crippen molar-refractivity contribution in [2.45, 2.75) is 6.92 Å². The average Bonchev–Trinajstić information content (AvgIpc) is 2.19. The van der Waals surface area contributed by atoms with Crippen LogP contribution in [0.5, 0.6) is 0 Å². The molecule has 0 unspecified atom stereocenters. The Labute approximate surface area is 81.5 Å². The Morgan fingerprint density at radius 3 is 2.50 bits per heavy atom. The van der Waals surface area contributed by atoms with E-state index in [1.54, 1.807) is 18.5 Å².